The number of anilines is 1. The quantitative estimate of drug-likeness (QED) is 0.824. The first kappa shape index (κ1) is 18.4. The number of piperazine rings is 1. The highest BCUT2D eigenvalue weighted by Crippen LogP contribution is 2.27. The van der Waals surface area contributed by atoms with Crippen LogP contribution < -0.4 is 15.5 Å². The molecule has 2 aliphatic heterocycles. The SMILES string of the molecule is O=C1CN(c2ccnc(C(=O)NC(c3ccccc3)C3CCCO3)c2)CCN1. The smallest absolute Gasteiger partial charge is 0.270 e. The van der Waals surface area contributed by atoms with Crippen LogP contribution >= 0.6 is 0 Å². The molecule has 4 rings (SSSR count). The van der Waals surface area contributed by atoms with Crippen LogP contribution in [0, 0.1) is 0 Å². The Morgan fingerprint density at radius 1 is 1.29 bits per heavy atom. The number of aromatic nitrogens is 1. The van der Waals surface area contributed by atoms with Gasteiger partial charge in [-0.1, -0.05) is 30.3 Å². The number of rotatable bonds is 5. The molecule has 2 amide bonds. The van der Waals surface area contributed by atoms with Crippen molar-refractivity contribution in [2.75, 3.05) is 31.1 Å². The topological polar surface area (TPSA) is 83.6 Å². The Balaban J connectivity index is 1.53. The molecular weight excluding hydrogens is 356 g/mol. The Bertz CT molecular complexity index is 837. The molecule has 0 spiro atoms. The number of hydrogen-bond donors (Lipinski definition) is 2. The number of carbonyl (C=O) groups excluding carboxylic acids is 2. The molecule has 0 radical (unpaired) electrons. The number of ether oxygens (including phenoxy) is 1. The number of carbonyl (C=O) groups is 2. The maximum atomic E-state index is 13.0. The van der Waals surface area contributed by atoms with Crippen molar-refractivity contribution in [3.05, 3.63) is 59.9 Å². The fraction of sp³-hybridized carbons (Fsp3) is 0.381. The van der Waals surface area contributed by atoms with Crippen LogP contribution in [0.3, 0.4) is 0 Å². The summed E-state index contributed by atoms with van der Waals surface area (Å²) in [5, 5.41) is 5.91. The van der Waals surface area contributed by atoms with E-state index in [2.05, 4.69) is 15.6 Å². The maximum absolute atomic E-state index is 13.0. The largest absolute Gasteiger partial charge is 0.376 e. The molecule has 2 fully saturated rings. The average molecular weight is 380 g/mol. The van der Waals surface area contributed by atoms with Crippen LogP contribution in [-0.4, -0.2) is 49.1 Å². The molecule has 2 N–H and O–H groups in total. The monoisotopic (exact) mass is 380 g/mol. The molecule has 2 unspecified atom stereocenters. The van der Waals surface area contributed by atoms with Gasteiger partial charge in [0.15, 0.2) is 0 Å². The summed E-state index contributed by atoms with van der Waals surface area (Å²) in [7, 11) is 0. The van der Waals surface area contributed by atoms with E-state index in [0.29, 0.717) is 25.4 Å². The lowest BCUT2D eigenvalue weighted by atomic mass is 9.99. The van der Waals surface area contributed by atoms with Crippen LogP contribution in [0.25, 0.3) is 0 Å². The first-order valence-electron chi connectivity index (χ1n) is 9.66. The lowest BCUT2D eigenvalue weighted by Crippen LogP contribution is -2.47. The second-order valence-corrected chi connectivity index (χ2v) is 7.08. The highest BCUT2D eigenvalue weighted by atomic mass is 16.5. The summed E-state index contributed by atoms with van der Waals surface area (Å²) in [4.78, 5) is 30.8. The fourth-order valence-electron chi connectivity index (χ4n) is 3.73. The Kier molecular flexibility index (Phi) is 5.53. The number of pyridine rings is 1. The molecule has 2 atom stereocenters. The van der Waals surface area contributed by atoms with Crippen LogP contribution in [0.2, 0.25) is 0 Å². The lowest BCUT2D eigenvalue weighted by molar-refractivity contribution is -0.120. The number of nitrogens with one attached hydrogen (secondary N) is 2. The third kappa shape index (κ3) is 4.14. The Morgan fingerprint density at radius 3 is 2.89 bits per heavy atom. The second kappa shape index (κ2) is 8.39. The average Bonchev–Trinajstić information content (AvgIpc) is 3.27. The van der Waals surface area contributed by atoms with Gasteiger partial charge in [-0.3, -0.25) is 14.6 Å². The second-order valence-electron chi connectivity index (χ2n) is 7.08. The third-order valence-corrected chi connectivity index (χ3v) is 5.16. The van der Waals surface area contributed by atoms with E-state index in [4.69, 9.17) is 4.74 Å². The van der Waals surface area contributed by atoms with Crippen LogP contribution in [0.4, 0.5) is 5.69 Å². The van der Waals surface area contributed by atoms with Crippen molar-refractivity contribution in [1.29, 1.82) is 0 Å². The predicted molar refractivity (Wildman–Crippen MR) is 105 cm³/mol. The number of nitrogens with zero attached hydrogens (tertiary/aromatic N) is 2. The maximum Gasteiger partial charge on any atom is 0.270 e. The van der Waals surface area contributed by atoms with Crippen molar-refractivity contribution in [2.45, 2.75) is 25.0 Å². The molecule has 1 aromatic heterocycles. The van der Waals surface area contributed by atoms with Gasteiger partial charge < -0.3 is 20.3 Å². The summed E-state index contributed by atoms with van der Waals surface area (Å²) in [5.74, 6) is -0.260. The number of amides is 2. The van der Waals surface area contributed by atoms with E-state index in [0.717, 1.165) is 24.1 Å². The normalized spacial score (nSPS) is 20.5. The van der Waals surface area contributed by atoms with Crippen molar-refractivity contribution in [3.63, 3.8) is 0 Å². The van der Waals surface area contributed by atoms with Gasteiger partial charge in [0, 0.05) is 31.6 Å². The van der Waals surface area contributed by atoms with Crippen molar-refractivity contribution < 1.29 is 14.3 Å². The molecule has 146 valence electrons. The lowest BCUT2D eigenvalue weighted by Gasteiger charge is -2.29. The molecule has 2 saturated heterocycles. The Labute approximate surface area is 164 Å². The molecule has 3 heterocycles. The zero-order valence-corrected chi connectivity index (χ0v) is 15.6. The predicted octanol–water partition coefficient (Wildman–Crippen LogP) is 1.67. The van der Waals surface area contributed by atoms with Crippen LogP contribution in [0.1, 0.15) is 34.9 Å². The third-order valence-electron chi connectivity index (χ3n) is 5.16. The summed E-state index contributed by atoms with van der Waals surface area (Å²) in [6.07, 6.45) is 3.48. The summed E-state index contributed by atoms with van der Waals surface area (Å²) in [5.41, 5.74) is 2.18. The van der Waals surface area contributed by atoms with Gasteiger partial charge in [-0.15, -0.1) is 0 Å². The van der Waals surface area contributed by atoms with Crippen LogP contribution in [-0.2, 0) is 9.53 Å². The summed E-state index contributed by atoms with van der Waals surface area (Å²) >= 11 is 0. The van der Waals surface area contributed by atoms with Crippen molar-refractivity contribution in [2.24, 2.45) is 0 Å². The standard InChI is InChI=1S/C21H24N4O3/c26-19-14-25(11-10-23-19)16-8-9-22-17(13-16)21(27)24-20(18-7-4-12-28-18)15-5-2-1-3-6-15/h1-3,5-6,8-9,13,18,20H,4,7,10-12,14H2,(H,23,26)(H,24,27). The van der Waals surface area contributed by atoms with Gasteiger partial charge in [-0.2, -0.15) is 0 Å². The molecular formula is C21H24N4O3. The van der Waals surface area contributed by atoms with Gasteiger partial charge >= 0.3 is 0 Å². The molecule has 0 saturated carbocycles. The van der Waals surface area contributed by atoms with Crippen molar-refractivity contribution in [1.82, 2.24) is 15.6 Å². The van der Waals surface area contributed by atoms with Gasteiger partial charge in [-0.25, -0.2) is 0 Å². The number of hydrogen-bond acceptors (Lipinski definition) is 5. The molecule has 1 aromatic carbocycles. The van der Waals surface area contributed by atoms with Gasteiger partial charge in [0.1, 0.15) is 5.69 Å². The van der Waals surface area contributed by atoms with E-state index in [1.165, 1.54) is 0 Å². The Hall–Kier alpha value is -2.93. The summed E-state index contributed by atoms with van der Waals surface area (Å²) < 4.78 is 5.85. The highest BCUT2D eigenvalue weighted by Gasteiger charge is 2.29. The molecule has 2 aromatic rings. The Morgan fingerprint density at radius 2 is 2.14 bits per heavy atom. The first-order valence-corrected chi connectivity index (χ1v) is 9.66. The minimum absolute atomic E-state index is 0.0170. The van der Waals surface area contributed by atoms with E-state index < -0.39 is 0 Å². The molecule has 7 heteroatoms. The van der Waals surface area contributed by atoms with Gasteiger partial charge in [0.25, 0.3) is 5.91 Å². The van der Waals surface area contributed by atoms with E-state index >= 15 is 0 Å². The number of benzene rings is 1. The van der Waals surface area contributed by atoms with E-state index in [9.17, 15) is 9.59 Å². The molecule has 0 bridgehead atoms. The van der Waals surface area contributed by atoms with Gasteiger partial charge in [0.05, 0.1) is 18.7 Å². The van der Waals surface area contributed by atoms with Gasteiger partial charge in [0.2, 0.25) is 5.91 Å². The summed E-state index contributed by atoms with van der Waals surface area (Å²) in [6, 6.07) is 13.2. The van der Waals surface area contributed by atoms with Crippen molar-refractivity contribution in [3.8, 4) is 0 Å². The van der Waals surface area contributed by atoms with Crippen LogP contribution in [0.5, 0.6) is 0 Å². The molecule has 2 aliphatic rings. The van der Waals surface area contributed by atoms with E-state index in [-0.39, 0.29) is 30.5 Å². The molecule has 7 nitrogen and oxygen atoms in total. The molecule has 28 heavy (non-hydrogen) atoms. The fourth-order valence-corrected chi connectivity index (χ4v) is 3.73. The van der Waals surface area contributed by atoms with Gasteiger partial charge in [-0.05, 0) is 30.5 Å². The van der Waals surface area contributed by atoms with E-state index in [1.807, 2.05) is 41.3 Å². The minimum Gasteiger partial charge on any atom is -0.376 e. The molecule has 0 aliphatic carbocycles. The zero-order valence-electron chi connectivity index (χ0n) is 15.6. The van der Waals surface area contributed by atoms with Crippen LogP contribution in [0.15, 0.2) is 48.7 Å². The highest BCUT2D eigenvalue weighted by molar-refractivity contribution is 5.93. The summed E-state index contributed by atoms with van der Waals surface area (Å²) in [6.45, 7) is 2.30. The minimum atomic E-state index is -0.243. The first-order chi connectivity index (χ1) is 13.7. The zero-order chi connectivity index (χ0) is 19.3. The van der Waals surface area contributed by atoms with E-state index in [1.54, 1.807) is 12.3 Å². The van der Waals surface area contributed by atoms with Crippen molar-refractivity contribution >= 4 is 17.5 Å².